The summed E-state index contributed by atoms with van der Waals surface area (Å²) in [5.41, 5.74) is 6.64. The van der Waals surface area contributed by atoms with Crippen LogP contribution in [0.4, 0.5) is 14.5 Å². The van der Waals surface area contributed by atoms with Crippen molar-refractivity contribution in [2.75, 3.05) is 25.0 Å². The second kappa shape index (κ2) is 8.13. The molecule has 1 heterocycles. The lowest BCUT2D eigenvalue weighted by Crippen LogP contribution is -2.50. The molecule has 0 aromatic heterocycles. The number of halogens is 2. The Morgan fingerprint density at radius 3 is 2.67 bits per heavy atom. The summed E-state index contributed by atoms with van der Waals surface area (Å²) in [7, 11) is 2.02. The maximum Gasteiger partial charge on any atom is 0.263 e. The molecule has 2 unspecified atom stereocenters. The lowest BCUT2D eigenvalue weighted by molar-refractivity contribution is -0.124. The molecular weight excluding hydrogens is 348 g/mol. The van der Waals surface area contributed by atoms with E-state index in [1.165, 1.54) is 6.07 Å². The molecule has 4 nitrogen and oxygen atoms in total. The number of nitrogens with zero attached hydrogens (tertiary/aromatic N) is 2. The summed E-state index contributed by atoms with van der Waals surface area (Å²) < 4.78 is 26.1. The smallest absolute Gasteiger partial charge is 0.263 e. The Bertz CT molecular complexity index is 667. The van der Waals surface area contributed by atoms with Crippen molar-refractivity contribution >= 4 is 11.6 Å². The molecule has 150 valence electrons. The van der Waals surface area contributed by atoms with Crippen molar-refractivity contribution in [1.82, 2.24) is 4.90 Å². The van der Waals surface area contributed by atoms with Crippen molar-refractivity contribution in [1.29, 1.82) is 0 Å². The monoisotopic (exact) mass is 379 g/mol. The standard InChI is InChI=1S/C21H31F2N3O/c1-13(2)9-19(21(24)27)25(3)18-8-7-15-11-26(12-17(15)18)16-6-4-5-14(10-16)20(22)23/h4-6,10,13,15,17-20H,7-9,11-12H2,1-3H3,(H2,24,27)/t15?,17-,18?,19-/m0/s1. The first-order valence-corrected chi connectivity index (χ1v) is 9.92. The van der Waals surface area contributed by atoms with E-state index in [9.17, 15) is 13.6 Å². The Balaban J connectivity index is 1.72. The fourth-order valence-corrected chi connectivity index (χ4v) is 4.97. The van der Waals surface area contributed by atoms with E-state index in [4.69, 9.17) is 5.73 Å². The number of primary amides is 1. The van der Waals surface area contributed by atoms with Crippen molar-refractivity contribution in [2.24, 2.45) is 23.5 Å². The minimum Gasteiger partial charge on any atom is -0.371 e. The van der Waals surface area contributed by atoms with Crippen LogP contribution >= 0.6 is 0 Å². The minimum absolute atomic E-state index is 0.0731. The highest BCUT2D eigenvalue weighted by atomic mass is 19.3. The van der Waals surface area contributed by atoms with E-state index in [2.05, 4.69) is 23.6 Å². The molecule has 1 amide bonds. The summed E-state index contributed by atoms with van der Waals surface area (Å²) in [6, 6.07) is 6.77. The minimum atomic E-state index is -2.45. The average Bonchev–Trinajstić information content (AvgIpc) is 3.19. The average molecular weight is 379 g/mol. The Kier molecular flexibility index (Phi) is 6.04. The third kappa shape index (κ3) is 4.26. The van der Waals surface area contributed by atoms with Crippen LogP contribution in [0.1, 0.15) is 45.1 Å². The third-order valence-electron chi connectivity index (χ3n) is 6.34. The number of alkyl halides is 2. The second-order valence-electron chi connectivity index (χ2n) is 8.58. The molecule has 2 aliphatic rings. The first kappa shape index (κ1) is 20.1. The van der Waals surface area contributed by atoms with Gasteiger partial charge in [-0.3, -0.25) is 9.69 Å². The second-order valence-corrected chi connectivity index (χ2v) is 8.58. The van der Waals surface area contributed by atoms with Crippen LogP contribution in [0, 0.1) is 17.8 Å². The van der Waals surface area contributed by atoms with E-state index in [1.807, 2.05) is 13.1 Å². The maximum atomic E-state index is 13.0. The van der Waals surface area contributed by atoms with Crippen molar-refractivity contribution in [3.8, 4) is 0 Å². The Labute approximate surface area is 160 Å². The number of benzene rings is 1. The van der Waals surface area contributed by atoms with E-state index in [0.29, 0.717) is 23.8 Å². The Morgan fingerprint density at radius 2 is 2.04 bits per heavy atom. The highest BCUT2D eigenvalue weighted by Gasteiger charge is 2.46. The van der Waals surface area contributed by atoms with Crippen molar-refractivity contribution in [3.05, 3.63) is 29.8 Å². The van der Waals surface area contributed by atoms with Crippen molar-refractivity contribution < 1.29 is 13.6 Å². The van der Waals surface area contributed by atoms with Crippen LogP contribution in [-0.4, -0.2) is 43.0 Å². The van der Waals surface area contributed by atoms with Crippen LogP contribution in [0.15, 0.2) is 24.3 Å². The van der Waals surface area contributed by atoms with Crippen LogP contribution in [0.5, 0.6) is 0 Å². The molecule has 2 N–H and O–H groups in total. The molecule has 0 spiro atoms. The van der Waals surface area contributed by atoms with Crippen LogP contribution in [0.2, 0.25) is 0 Å². The van der Waals surface area contributed by atoms with Crippen LogP contribution in [0.3, 0.4) is 0 Å². The van der Waals surface area contributed by atoms with Gasteiger partial charge in [-0.25, -0.2) is 8.78 Å². The van der Waals surface area contributed by atoms with Gasteiger partial charge in [0.1, 0.15) is 0 Å². The molecule has 27 heavy (non-hydrogen) atoms. The molecule has 4 atom stereocenters. The molecule has 1 aliphatic heterocycles. The first-order chi connectivity index (χ1) is 12.8. The van der Waals surface area contributed by atoms with Gasteiger partial charge in [-0.05, 0) is 56.2 Å². The van der Waals surface area contributed by atoms with E-state index < -0.39 is 6.43 Å². The van der Waals surface area contributed by atoms with Crippen LogP contribution < -0.4 is 10.6 Å². The Hall–Kier alpha value is -1.69. The predicted octanol–water partition coefficient (Wildman–Crippen LogP) is 3.67. The summed E-state index contributed by atoms with van der Waals surface area (Å²) in [5, 5.41) is 0. The zero-order chi connectivity index (χ0) is 19.7. The van der Waals surface area contributed by atoms with Crippen molar-refractivity contribution in [3.63, 3.8) is 0 Å². The van der Waals surface area contributed by atoms with E-state index in [1.54, 1.807) is 12.1 Å². The lowest BCUT2D eigenvalue weighted by Gasteiger charge is -2.35. The van der Waals surface area contributed by atoms with Crippen molar-refractivity contribution in [2.45, 2.75) is 51.6 Å². The van der Waals surface area contributed by atoms with Gasteiger partial charge in [0.05, 0.1) is 6.04 Å². The fraction of sp³-hybridized carbons (Fsp3) is 0.667. The Morgan fingerprint density at radius 1 is 1.30 bits per heavy atom. The molecule has 2 fully saturated rings. The number of carbonyl (C=O) groups excluding carboxylic acids is 1. The molecular formula is C21H31F2N3O. The molecule has 6 heteroatoms. The normalized spacial score (nSPS) is 26.2. The lowest BCUT2D eigenvalue weighted by atomic mass is 9.94. The van der Waals surface area contributed by atoms with Gasteiger partial charge in [0, 0.05) is 30.4 Å². The number of rotatable bonds is 7. The highest BCUT2D eigenvalue weighted by Crippen LogP contribution is 2.43. The van der Waals surface area contributed by atoms with E-state index in [-0.39, 0.29) is 17.5 Å². The van der Waals surface area contributed by atoms with Crippen LogP contribution in [0.25, 0.3) is 0 Å². The molecule has 0 bridgehead atoms. The van der Waals surface area contributed by atoms with Gasteiger partial charge in [-0.15, -0.1) is 0 Å². The molecule has 1 aliphatic carbocycles. The molecule has 1 saturated carbocycles. The van der Waals surface area contributed by atoms with E-state index in [0.717, 1.165) is 38.0 Å². The van der Waals surface area contributed by atoms with Gasteiger partial charge >= 0.3 is 0 Å². The predicted molar refractivity (Wildman–Crippen MR) is 104 cm³/mol. The molecule has 1 aromatic carbocycles. The first-order valence-electron chi connectivity index (χ1n) is 9.92. The number of nitrogens with two attached hydrogens (primary N) is 1. The van der Waals surface area contributed by atoms with Gasteiger partial charge in [-0.1, -0.05) is 26.0 Å². The van der Waals surface area contributed by atoms with Gasteiger partial charge < -0.3 is 10.6 Å². The number of hydrogen-bond acceptors (Lipinski definition) is 3. The largest absolute Gasteiger partial charge is 0.371 e. The molecule has 1 aromatic rings. The highest BCUT2D eigenvalue weighted by molar-refractivity contribution is 5.79. The SMILES string of the molecule is CC(C)C[C@@H](C(N)=O)N(C)C1CCC2CN(c3cccc(C(F)F)c3)C[C@@H]21. The topological polar surface area (TPSA) is 49.6 Å². The van der Waals surface area contributed by atoms with Gasteiger partial charge in [0.2, 0.25) is 5.91 Å². The number of amides is 1. The maximum absolute atomic E-state index is 13.0. The number of anilines is 1. The number of hydrogen-bond donors (Lipinski definition) is 1. The van der Waals surface area contributed by atoms with Gasteiger partial charge in [0.15, 0.2) is 0 Å². The zero-order valence-electron chi connectivity index (χ0n) is 16.4. The van der Waals surface area contributed by atoms with Gasteiger partial charge in [-0.2, -0.15) is 0 Å². The summed E-state index contributed by atoms with van der Waals surface area (Å²) in [6.45, 7) is 5.95. The fourth-order valence-electron chi connectivity index (χ4n) is 4.97. The molecule has 0 radical (unpaired) electrons. The number of fused-ring (bicyclic) bond motifs is 1. The number of likely N-dealkylation sites (N-methyl/N-ethyl adjacent to an activating group) is 1. The number of carbonyl (C=O) groups is 1. The van der Waals surface area contributed by atoms with Gasteiger partial charge in [0.25, 0.3) is 6.43 Å². The van der Waals surface area contributed by atoms with Crippen LogP contribution in [-0.2, 0) is 4.79 Å². The summed E-state index contributed by atoms with van der Waals surface area (Å²) in [6.07, 6.45) is 0.495. The summed E-state index contributed by atoms with van der Waals surface area (Å²) in [5.74, 6) is 1.13. The van der Waals surface area contributed by atoms with E-state index >= 15 is 0 Å². The third-order valence-corrected chi connectivity index (χ3v) is 6.34. The molecule has 1 saturated heterocycles. The summed E-state index contributed by atoms with van der Waals surface area (Å²) in [4.78, 5) is 16.4. The summed E-state index contributed by atoms with van der Waals surface area (Å²) >= 11 is 0. The quantitative estimate of drug-likeness (QED) is 0.786. The zero-order valence-corrected chi connectivity index (χ0v) is 16.4. The molecule has 3 rings (SSSR count).